The van der Waals surface area contributed by atoms with Crippen LogP contribution in [0.25, 0.3) is 0 Å². The first kappa shape index (κ1) is 15.9. The topological polar surface area (TPSA) is 26.3 Å². The quantitative estimate of drug-likeness (QED) is 0.735. The SMILES string of the molecule is CC(C)(Oc1ccccc1Cc1ccc(Cl)cc1)C(=O)Cl. The van der Waals surface area contributed by atoms with Crippen LogP contribution in [0.5, 0.6) is 5.75 Å². The molecule has 2 aromatic carbocycles. The maximum Gasteiger partial charge on any atom is 0.264 e. The molecule has 0 saturated carbocycles. The van der Waals surface area contributed by atoms with E-state index in [2.05, 4.69) is 0 Å². The molecule has 0 aromatic heterocycles. The highest BCUT2D eigenvalue weighted by atomic mass is 35.5. The van der Waals surface area contributed by atoms with Gasteiger partial charge in [-0.3, -0.25) is 4.79 Å². The Morgan fingerprint density at radius 1 is 1.10 bits per heavy atom. The second kappa shape index (κ2) is 6.50. The van der Waals surface area contributed by atoms with Gasteiger partial charge in [-0.15, -0.1) is 0 Å². The second-order valence-electron chi connectivity index (χ2n) is 5.30. The molecule has 4 heteroatoms. The third-order valence-electron chi connectivity index (χ3n) is 3.12. The Bertz CT molecular complexity index is 633. The third kappa shape index (κ3) is 4.23. The largest absolute Gasteiger partial charge is 0.478 e. The van der Waals surface area contributed by atoms with E-state index in [1.165, 1.54) is 0 Å². The summed E-state index contributed by atoms with van der Waals surface area (Å²) in [5.74, 6) is 0.659. The summed E-state index contributed by atoms with van der Waals surface area (Å²) >= 11 is 11.5. The average molecular weight is 323 g/mol. The molecule has 0 aliphatic carbocycles. The molecule has 0 bridgehead atoms. The van der Waals surface area contributed by atoms with Gasteiger partial charge in [-0.25, -0.2) is 0 Å². The number of ether oxygens (including phenoxy) is 1. The molecule has 0 aliphatic rings. The van der Waals surface area contributed by atoms with E-state index in [0.29, 0.717) is 17.2 Å². The number of carbonyl (C=O) groups is 1. The van der Waals surface area contributed by atoms with E-state index in [1.807, 2.05) is 48.5 Å². The Balaban J connectivity index is 2.25. The fourth-order valence-electron chi connectivity index (χ4n) is 1.89. The van der Waals surface area contributed by atoms with Crippen molar-refractivity contribution in [2.24, 2.45) is 0 Å². The van der Waals surface area contributed by atoms with Crippen LogP contribution in [0.2, 0.25) is 5.02 Å². The lowest BCUT2D eigenvalue weighted by Gasteiger charge is -2.23. The molecule has 2 aromatic rings. The molecule has 0 unspecified atom stereocenters. The molecule has 0 atom stereocenters. The molecular weight excluding hydrogens is 307 g/mol. The average Bonchev–Trinajstić information content (AvgIpc) is 2.43. The van der Waals surface area contributed by atoms with E-state index in [1.54, 1.807) is 13.8 Å². The Morgan fingerprint density at radius 2 is 1.71 bits per heavy atom. The zero-order valence-electron chi connectivity index (χ0n) is 11.9. The predicted octanol–water partition coefficient (Wildman–Crippen LogP) is 4.85. The Morgan fingerprint density at radius 3 is 2.33 bits per heavy atom. The molecule has 2 nitrogen and oxygen atoms in total. The lowest BCUT2D eigenvalue weighted by Crippen LogP contribution is -2.35. The van der Waals surface area contributed by atoms with E-state index in [0.717, 1.165) is 11.1 Å². The number of benzene rings is 2. The van der Waals surface area contributed by atoms with Gasteiger partial charge < -0.3 is 4.74 Å². The van der Waals surface area contributed by atoms with Crippen molar-refractivity contribution in [1.29, 1.82) is 0 Å². The Kier molecular flexibility index (Phi) is 4.92. The van der Waals surface area contributed by atoms with Crippen molar-refractivity contribution in [3.8, 4) is 5.75 Å². The van der Waals surface area contributed by atoms with Crippen LogP contribution >= 0.6 is 23.2 Å². The van der Waals surface area contributed by atoms with Crippen LogP contribution in [0.1, 0.15) is 25.0 Å². The van der Waals surface area contributed by atoms with Crippen LogP contribution in [0.3, 0.4) is 0 Å². The van der Waals surface area contributed by atoms with Crippen molar-refractivity contribution in [1.82, 2.24) is 0 Å². The van der Waals surface area contributed by atoms with Crippen molar-refractivity contribution < 1.29 is 9.53 Å². The summed E-state index contributed by atoms with van der Waals surface area (Å²) in [6, 6.07) is 15.3. The van der Waals surface area contributed by atoms with Crippen LogP contribution in [-0.2, 0) is 11.2 Å². The van der Waals surface area contributed by atoms with Gasteiger partial charge in [0, 0.05) is 11.4 Å². The maximum atomic E-state index is 11.4. The number of carbonyl (C=O) groups excluding carboxylic acids is 1. The summed E-state index contributed by atoms with van der Waals surface area (Å²) in [5, 5.41) is 0.181. The molecule has 0 amide bonds. The Labute approximate surface area is 134 Å². The third-order valence-corrected chi connectivity index (χ3v) is 3.83. The van der Waals surface area contributed by atoms with E-state index in [-0.39, 0.29) is 0 Å². The summed E-state index contributed by atoms with van der Waals surface area (Å²) in [6.45, 7) is 3.31. The minimum absolute atomic E-state index is 0.524. The molecule has 2 rings (SSSR count). The normalized spacial score (nSPS) is 11.2. The lowest BCUT2D eigenvalue weighted by atomic mass is 10.0. The molecule has 21 heavy (non-hydrogen) atoms. The fraction of sp³-hybridized carbons (Fsp3) is 0.235. The molecule has 0 heterocycles. The summed E-state index contributed by atoms with van der Waals surface area (Å²) < 4.78 is 5.78. The van der Waals surface area contributed by atoms with Crippen LogP contribution in [0, 0.1) is 0 Å². The Hall–Kier alpha value is -1.51. The van der Waals surface area contributed by atoms with Crippen molar-refractivity contribution in [2.75, 3.05) is 0 Å². The van der Waals surface area contributed by atoms with Gasteiger partial charge in [0.2, 0.25) is 0 Å². The van der Waals surface area contributed by atoms with E-state index in [9.17, 15) is 4.79 Å². The minimum Gasteiger partial charge on any atom is -0.478 e. The smallest absolute Gasteiger partial charge is 0.264 e. The second-order valence-corrected chi connectivity index (χ2v) is 6.08. The van der Waals surface area contributed by atoms with Gasteiger partial charge in [0.05, 0.1) is 0 Å². The fourth-order valence-corrected chi connectivity index (χ4v) is 2.05. The zero-order chi connectivity index (χ0) is 15.5. The first-order valence-electron chi connectivity index (χ1n) is 6.60. The highest BCUT2D eigenvalue weighted by Crippen LogP contribution is 2.27. The summed E-state index contributed by atoms with van der Waals surface area (Å²) in [6.07, 6.45) is 0.694. The van der Waals surface area contributed by atoms with E-state index in [4.69, 9.17) is 27.9 Å². The molecule has 110 valence electrons. The van der Waals surface area contributed by atoms with E-state index < -0.39 is 10.8 Å². The van der Waals surface area contributed by atoms with Crippen molar-refractivity contribution in [3.05, 3.63) is 64.7 Å². The van der Waals surface area contributed by atoms with E-state index >= 15 is 0 Å². The first-order chi connectivity index (χ1) is 9.88. The van der Waals surface area contributed by atoms with Crippen LogP contribution in [-0.4, -0.2) is 10.8 Å². The standard InChI is InChI=1S/C17H16Cl2O2/c1-17(2,16(19)20)21-15-6-4-3-5-13(15)11-12-7-9-14(18)10-8-12/h3-10H,11H2,1-2H3. The van der Waals surface area contributed by atoms with Gasteiger partial charge in [0.25, 0.3) is 5.24 Å². The van der Waals surface area contributed by atoms with Gasteiger partial charge in [0.15, 0.2) is 5.60 Å². The van der Waals surface area contributed by atoms with Crippen LogP contribution < -0.4 is 4.74 Å². The molecule has 0 N–H and O–H groups in total. The maximum absolute atomic E-state index is 11.4. The lowest BCUT2D eigenvalue weighted by molar-refractivity contribution is -0.123. The number of halogens is 2. The molecule has 0 fully saturated rings. The number of rotatable bonds is 5. The molecule has 0 saturated heterocycles. The monoisotopic (exact) mass is 322 g/mol. The summed E-state index contributed by atoms with van der Waals surface area (Å²) in [5.41, 5.74) is 1.05. The van der Waals surface area contributed by atoms with Gasteiger partial charge in [0.1, 0.15) is 5.75 Å². The molecule has 0 radical (unpaired) electrons. The summed E-state index contributed by atoms with van der Waals surface area (Å²) in [7, 11) is 0. The number of hydrogen-bond acceptors (Lipinski definition) is 2. The van der Waals surface area contributed by atoms with Crippen molar-refractivity contribution in [2.45, 2.75) is 25.9 Å². The van der Waals surface area contributed by atoms with Gasteiger partial charge in [-0.2, -0.15) is 0 Å². The first-order valence-corrected chi connectivity index (χ1v) is 7.35. The van der Waals surface area contributed by atoms with Crippen LogP contribution in [0.15, 0.2) is 48.5 Å². The molecular formula is C17H16Cl2O2. The van der Waals surface area contributed by atoms with Gasteiger partial charge in [-0.05, 0) is 54.8 Å². The highest BCUT2D eigenvalue weighted by molar-refractivity contribution is 6.65. The minimum atomic E-state index is -1.06. The van der Waals surface area contributed by atoms with Crippen LogP contribution in [0.4, 0.5) is 0 Å². The van der Waals surface area contributed by atoms with Gasteiger partial charge >= 0.3 is 0 Å². The number of para-hydroxylation sites is 1. The number of hydrogen-bond donors (Lipinski definition) is 0. The summed E-state index contributed by atoms with van der Waals surface area (Å²) in [4.78, 5) is 11.4. The van der Waals surface area contributed by atoms with Crippen molar-refractivity contribution >= 4 is 28.4 Å². The van der Waals surface area contributed by atoms with Crippen molar-refractivity contribution in [3.63, 3.8) is 0 Å². The highest BCUT2D eigenvalue weighted by Gasteiger charge is 2.28. The zero-order valence-corrected chi connectivity index (χ0v) is 13.4. The van der Waals surface area contributed by atoms with Gasteiger partial charge in [-0.1, -0.05) is 41.9 Å². The predicted molar refractivity (Wildman–Crippen MR) is 86.3 cm³/mol. The molecule has 0 spiro atoms. The molecule has 0 aliphatic heterocycles.